The molecule has 0 spiro atoms. The molecule has 1 aliphatic rings. The summed E-state index contributed by atoms with van der Waals surface area (Å²) >= 11 is 4.29. The van der Waals surface area contributed by atoms with Gasteiger partial charge in [0.2, 0.25) is 0 Å². The molecule has 0 amide bonds. The minimum Gasteiger partial charge on any atom is -0.326 e. The number of likely N-dealkylation sites (tertiary alicyclic amines) is 1. The van der Waals surface area contributed by atoms with Crippen LogP contribution in [0.1, 0.15) is 12.8 Å². The predicted molar refractivity (Wildman–Crippen MR) is 51.9 cm³/mol. The molecule has 1 fully saturated rings. The highest BCUT2D eigenvalue weighted by Crippen LogP contribution is 2.18. The third-order valence-electron chi connectivity index (χ3n) is 2.69. The SMILES string of the molecule is NCC[N+]1(CCS)CCCC1. The second-order valence-corrected chi connectivity index (χ2v) is 3.90. The number of rotatable bonds is 4. The van der Waals surface area contributed by atoms with Crippen molar-refractivity contribution < 1.29 is 4.48 Å². The predicted octanol–water partition coefficient (Wildman–Crippen LogP) is 0.485. The lowest BCUT2D eigenvalue weighted by Crippen LogP contribution is -2.49. The summed E-state index contributed by atoms with van der Waals surface area (Å²) in [6.45, 7) is 5.85. The fraction of sp³-hybridized carbons (Fsp3) is 1.00. The van der Waals surface area contributed by atoms with Crippen molar-refractivity contribution in [3.05, 3.63) is 0 Å². The summed E-state index contributed by atoms with van der Waals surface area (Å²) in [5.41, 5.74) is 5.58. The van der Waals surface area contributed by atoms with Crippen LogP contribution >= 0.6 is 12.6 Å². The van der Waals surface area contributed by atoms with Gasteiger partial charge in [0.15, 0.2) is 0 Å². The molecule has 0 bridgehead atoms. The van der Waals surface area contributed by atoms with Gasteiger partial charge in [0.05, 0.1) is 26.2 Å². The minimum atomic E-state index is 0.827. The molecule has 66 valence electrons. The summed E-state index contributed by atoms with van der Waals surface area (Å²) in [5.74, 6) is 1.00. The van der Waals surface area contributed by atoms with E-state index in [1.165, 1.54) is 37.0 Å². The normalized spacial score (nSPS) is 22.4. The number of nitrogens with two attached hydrogens (primary N) is 1. The van der Waals surface area contributed by atoms with Gasteiger partial charge in [-0.15, -0.1) is 0 Å². The summed E-state index contributed by atoms with van der Waals surface area (Å²) in [5, 5.41) is 0. The topological polar surface area (TPSA) is 26.0 Å². The average molecular weight is 175 g/mol. The first-order valence-corrected chi connectivity index (χ1v) is 5.12. The third-order valence-corrected chi connectivity index (χ3v) is 2.89. The van der Waals surface area contributed by atoms with E-state index in [1.54, 1.807) is 0 Å². The fourth-order valence-electron chi connectivity index (χ4n) is 2.05. The largest absolute Gasteiger partial charge is 0.326 e. The smallest absolute Gasteiger partial charge is 0.0911 e. The lowest BCUT2D eigenvalue weighted by Gasteiger charge is -2.33. The van der Waals surface area contributed by atoms with Gasteiger partial charge in [0.1, 0.15) is 0 Å². The molecule has 0 aliphatic carbocycles. The van der Waals surface area contributed by atoms with Crippen LogP contribution in [0.4, 0.5) is 0 Å². The molecule has 0 unspecified atom stereocenters. The molecule has 1 aliphatic heterocycles. The molecule has 2 N–H and O–H groups in total. The van der Waals surface area contributed by atoms with Crippen LogP contribution in [0.3, 0.4) is 0 Å². The standard InChI is InChI=1S/C8H18N2S/c9-3-6-10(7-8-11)4-1-2-5-10/h1-9H2/p+1. The van der Waals surface area contributed by atoms with Crippen LogP contribution in [0.15, 0.2) is 0 Å². The second kappa shape index (κ2) is 4.33. The van der Waals surface area contributed by atoms with Crippen molar-refractivity contribution >= 4 is 12.6 Å². The van der Waals surface area contributed by atoms with Crippen LogP contribution in [0.5, 0.6) is 0 Å². The van der Waals surface area contributed by atoms with Gasteiger partial charge >= 0.3 is 0 Å². The van der Waals surface area contributed by atoms with Crippen LogP contribution in [0.25, 0.3) is 0 Å². The van der Waals surface area contributed by atoms with E-state index in [-0.39, 0.29) is 0 Å². The zero-order chi connectivity index (χ0) is 8.16. The van der Waals surface area contributed by atoms with Gasteiger partial charge in [-0.25, -0.2) is 0 Å². The number of thiol groups is 1. The first-order valence-electron chi connectivity index (χ1n) is 4.49. The Balaban J connectivity index is 2.40. The third kappa shape index (κ3) is 2.36. The molecule has 1 heterocycles. The van der Waals surface area contributed by atoms with Crippen molar-refractivity contribution in [3.8, 4) is 0 Å². The summed E-state index contributed by atoms with van der Waals surface area (Å²) < 4.78 is 1.24. The van der Waals surface area contributed by atoms with E-state index in [9.17, 15) is 0 Å². The quantitative estimate of drug-likeness (QED) is 0.472. The zero-order valence-corrected chi connectivity index (χ0v) is 8.02. The van der Waals surface area contributed by atoms with Crippen LogP contribution in [-0.2, 0) is 0 Å². The number of quaternary nitrogens is 1. The molecular weight excluding hydrogens is 156 g/mol. The average Bonchev–Trinajstić information content (AvgIpc) is 2.39. The van der Waals surface area contributed by atoms with Crippen molar-refractivity contribution in [1.29, 1.82) is 0 Å². The highest BCUT2D eigenvalue weighted by molar-refractivity contribution is 7.80. The van der Waals surface area contributed by atoms with Crippen molar-refractivity contribution in [3.63, 3.8) is 0 Å². The maximum Gasteiger partial charge on any atom is 0.0911 e. The van der Waals surface area contributed by atoms with E-state index in [0.717, 1.165) is 18.8 Å². The lowest BCUT2D eigenvalue weighted by molar-refractivity contribution is -0.913. The maximum atomic E-state index is 5.58. The molecular formula is C8H19N2S+. The van der Waals surface area contributed by atoms with Gasteiger partial charge in [0, 0.05) is 25.1 Å². The molecule has 0 aromatic rings. The Hall–Kier alpha value is 0.270. The van der Waals surface area contributed by atoms with Crippen LogP contribution in [-0.4, -0.2) is 43.0 Å². The molecule has 11 heavy (non-hydrogen) atoms. The Bertz CT molecular complexity index is 103. The number of nitrogens with zero attached hydrogens (tertiary/aromatic N) is 1. The molecule has 2 nitrogen and oxygen atoms in total. The van der Waals surface area contributed by atoms with Gasteiger partial charge < -0.3 is 10.2 Å². The van der Waals surface area contributed by atoms with Crippen LogP contribution < -0.4 is 5.73 Å². The molecule has 3 heteroatoms. The first kappa shape index (κ1) is 9.36. The summed E-state index contributed by atoms with van der Waals surface area (Å²) in [4.78, 5) is 0. The highest BCUT2D eigenvalue weighted by atomic mass is 32.1. The molecule has 1 saturated heterocycles. The minimum absolute atomic E-state index is 0.827. The van der Waals surface area contributed by atoms with E-state index in [1.807, 2.05) is 0 Å². The second-order valence-electron chi connectivity index (χ2n) is 3.46. The van der Waals surface area contributed by atoms with E-state index < -0.39 is 0 Å². The molecule has 0 aromatic heterocycles. The number of hydrogen-bond donors (Lipinski definition) is 2. The van der Waals surface area contributed by atoms with Gasteiger partial charge in [-0.1, -0.05) is 0 Å². The van der Waals surface area contributed by atoms with Gasteiger partial charge in [-0.05, 0) is 0 Å². The Morgan fingerprint density at radius 1 is 1.18 bits per heavy atom. The molecule has 0 radical (unpaired) electrons. The summed E-state index contributed by atoms with van der Waals surface area (Å²) in [6.07, 6.45) is 2.77. The lowest BCUT2D eigenvalue weighted by atomic mass is 10.4. The zero-order valence-electron chi connectivity index (χ0n) is 7.13. The first-order chi connectivity index (χ1) is 5.33. The van der Waals surface area contributed by atoms with E-state index >= 15 is 0 Å². The van der Waals surface area contributed by atoms with E-state index in [4.69, 9.17) is 5.73 Å². The van der Waals surface area contributed by atoms with Gasteiger partial charge in [0.25, 0.3) is 0 Å². The Morgan fingerprint density at radius 3 is 2.27 bits per heavy atom. The van der Waals surface area contributed by atoms with Crippen LogP contribution in [0, 0.1) is 0 Å². The van der Waals surface area contributed by atoms with Crippen molar-refractivity contribution in [2.75, 3.05) is 38.5 Å². The number of hydrogen-bond acceptors (Lipinski definition) is 2. The monoisotopic (exact) mass is 175 g/mol. The van der Waals surface area contributed by atoms with E-state index in [2.05, 4.69) is 12.6 Å². The maximum absolute atomic E-state index is 5.58. The van der Waals surface area contributed by atoms with E-state index in [0.29, 0.717) is 0 Å². The molecule has 0 atom stereocenters. The summed E-state index contributed by atoms with van der Waals surface area (Å²) in [6, 6.07) is 0. The summed E-state index contributed by atoms with van der Waals surface area (Å²) in [7, 11) is 0. The van der Waals surface area contributed by atoms with Gasteiger partial charge in [-0.3, -0.25) is 0 Å². The van der Waals surface area contributed by atoms with Crippen molar-refractivity contribution in [2.45, 2.75) is 12.8 Å². The van der Waals surface area contributed by atoms with Crippen molar-refractivity contribution in [1.82, 2.24) is 0 Å². The molecule has 1 rings (SSSR count). The molecule has 0 aromatic carbocycles. The van der Waals surface area contributed by atoms with Crippen LogP contribution in [0.2, 0.25) is 0 Å². The molecule has 0 saturated carbocycles. The Labute approximate surface area is 74.8 Å². The Morgan fingerprint density at radius 2 is 1.82 bits per heavy atom. The Kier molecular flexibility index (Phi) is 3.69. The highest BCUT2D eigenvalue weighted by Gasteiger charge is 2.29. The van der Waals surface area contributed by atoms with Gasteiger partial charge in [-0.2, -0.15) is 12.6 Å². The fourth-order valence-corrected chi connectivity index (χ4v) is 2.48. The van der Waals surface area contributed by atoms with Crippen molar-refractivity contribution in [2.24, 2.45) is 5.73 Å².